The van der Waals surface area contributed by atoms with E-state index in [4.69, 9.17) is 4.42 Å². The normalized spacial score (nSPS) is 11.2. The van der Waals surface area contributed by atoms with E-state index in [1.165, 1.54) is 17.4 Å². The average molecular weight is 372 g/mol. The molecule has 0 aliphatic rings. The van der Waals surface area contributed by atoms with Crippen LogP contribution in [0.25, 0.3) is 21.5 Å². The van der Waals surface area contributed by atoms with Gasteiger partial charge in [-0.3, -0.25) is 4.79 Å². The lowest BCUT2D eigenvalue weighted by Gasteiger charge is -2.10. The molecule has 0 fully saturated rings. The fourth-order valence-corrected chi connectivity index (χ4v) is 3.71. The highest BCUT2D eigenvalue weighted by Gasteiger charge is 2.20. The highest BCUT2D eigenvalue weighted by atomic mass is 32.1. The Hall–Kier alpha value is -2.67. The van der Waals surface area contributed by atoms with Gasteiger partial charge >= 0.3 is 0 Å². The predicted molar refractivity (Wildman–Crippen MR) is 97.3 cm³/mol. The van der Waals surface area contributed by atoms with Gasteiger partial charge in [0.1, 0.15) is 22.1 Å². The number of aryl methyl sites for hydroxylation is 3. The molecule has 6 nitrogen and oxygen atoms in total. The lowest BCUT2D eigenvalue weighted by molar-refractivity contribution is -0.305. The summed E-state index contributed by atoms with van der Waals surface area (Å²) in [6.07, 6.45) is 1.01. The molecule has 0 aliphatic carbocycles. The number of carboxylic acids is 1. The topological polar surface area (TPSA) is 103 Å². The standard InChI is InChI=1S/C19H19NO5S/c1-3-11-7-12-15(8-13(11)21)25-14(5-4-6-16(22)23)17(18(12)24)19-20-10(2)9-26-19/h7-9,21H,3-6H2,1-2H3,(H,22,23)/p-1. The number of phenols is 1. The molecule has 0 atom stereocenters. The first kappa shape index (κ1) is 18.1. The molecule has 2 heterocycles. The van der Waals surface area contributed by atoms with Crippen molar-refractivity contribution in [1.29, 1.82) is 0 Å². The Morgan fingerprint density at radius 3 is 2.77 bits per heavy atom. The molecule has 3 rings (SSSR count). The van der Waals surface area contributed by atoms with Crippen molar-refractivity contribution >= 4 is 28.3 Å². The van der Waals surface area contributed by atoms with Crippen LogP contribution in [0.2, 0.25) is 0 Å². The highest BCUT2D eigenvalue weighted by molar-refractivity contribution is 7.13. The second kappa shape index (κ2) is 7.29. The Morgan fingerprint density at radius 2 is 2.15 bits per heavy atom. The number of carboxylic acid groups (broad SMARTS) is 1. The molecule has 0 spiro atoms. The summed E-state index contributed by atoms with van der Waals surface area (Å²) >= 11 is 1.34. The number of aromatic nitrogens is 1. The van der Waals surface area contributed by atoms with Gasteiger partial charge in [0, 0.05) is 29.5 Å². The van der Waals surface area contributed by atoms with Crippen LogP contribution in [0, 0.1) is 6.92 Å². The van der Waals surface area contributed by atoms with Crippen LogP contribution < -0.4 is 10.5 Å². The van der Waals surface area contributed by atoms with Gasteiger partial charge in [-0.1, -0.05) is 6.92 Å². The van der Waals surface area contributed by atoms with Crippen LogP contribution in [0.1, 0.15) is 36.8 Å². The molecule has 0 amide bonds. The van der Waals surface area contributed by atoms with Crippen LogP contribution in [0.4, 0.5) is 0 Å². The third-order valence-electron chi connectivity index (χ3n) is 4.16. The molecule has 136 valence electrons. The van der Waals surface area contributed by atoms with Gasteiger partial charge in [-0.05, 0) is 37.8 Å². The molecule has 7 heteroatoms. The Morgan fingerprint density at radius 1 is 1.38 bits per heavy atom. The van der Waals surface area contributed by atoms with Crippen LogP contribution >= 0.6 is 11.3 Å². The maximum absolute atomic E-state index is 13.1. The number of nitrogens with zero attached hydrogens (tertiary/aromatic N) is 1. The summed E-state index contributed by atoms with van der Waals surface area (Å²) in [6, 6.07) is 3.08. The summed E-state index contributed by atoms with van der Waals surface area (Å²) in [6.45, 7) is 3.73. The Bertz CT molecular complexity index is 1030. The second-order valence-corrected chi connectivity index (χ2v) is 6.94. The van der Waals surface area contributed by atoms with Gasteiger partial charge in [0.05, 0.1) is 10.9 Å². The quantitative estimate of drug-likeness (QED) is 0.713. The van der Waals surface area contributed by atoms with Crippen molar-refractivity contribution in [1.82, 2.24) is 4.98 Å². The number of aliphatic carboxylic acids is 1. The maximum atomic E-state index is 13.1. The SMILES string of the molecule is CCc1cc2c(=O)c(-c3nc(C)cs3)c(CCCC(=O)[O-])oc2cc1O. The monoisotopic (exact) mass is 372 g/mol. The van der Waals surface area contributed by atoms with Gasteiger partial charge in [0.15, 0.2) is 0 Å². The zero-order valence-electron chi connectivity index (χ0n) is 14.5. The van der Waals surface area contributed by atoms with E-state index in [-0.39, 0.29) is 36.0 Å². The molecule has 0 bridgehead atoms. The van der Waals surface area contributed by atoms with E-state index >= 15 is 0 Å². The Labute approximate surface area is 153 Å². The summed E-state index contributed by atoms with van der Waals surface area (Å²) in [5, 5.41) is 23.5. The minimum absolute atomic E-state index is 0.0710. The van der Waals surface area contributed by atoms with Crippen LogP contribution in [0.15, 0.2) is 26.7 Å². The fourth-order valence-electron chi connectivity index (χ4n) is 2.86. The van der Waals surface area contributed by atoms with Gasteiger partial charge in [-0.15, -0.1) is 11.3 Å². The van der Waals surface area contributed by atoms with E-state index in [0.29, 0.717) is 33.7 Å². The summed E-state index contributed by atoms with van der Waals surface area (Å²) in [5.41, 5.74) is 1.88. The van der Waals surface area contributed by atoms with Crippen molar-refractivity contribution in [3.8, 4) is 16.3 Å². The molecule has 0 radical (unpaired) electrons. The van der Waals surface area contributed by atoms with Crippen molar-refractivity contribution in [2.75, 3.05) is 0 Å². The van der Waals surface area contributed by atoms with Crippen molar-refractivity contribution in [3.63, 3.8) is 0 Å². The Kier molecular flexibility index (Phi) is 5.08. The fraction of sp³-hybridized carbons (Fsp3) is 0.316. The largest absolute Gasteiger partial charge is 0.550 e. The van der Waals surface area contributed by atoms with Crippen LogP contribution in [-0.2, 0) is 17.6 Å². The number of hydrogen-bond donors (Lipinski definition) is 1. The number of carbonyl (C=O) groups excluding carboxylic acids is 1. The number of fused-ring (bicyclic) bond motifs is 1. The summed E-state index contributed by atoms with van der Waals surface area (Å²) in [7, 11) is 0. The molecule has 2 aromatic heterocycles. The molecular weight excluding hydrogens is 354 g/mol. The van der Waals surface area contributed by atoms with Gasteiger partial charge in [0.2, 0.25) is 5.43 Å². The summed E-state index contributed by atoms with van der Waals surface area (Å²) in [5.74, 6) is -0.701. The van der Waals surface area contributed by atoms with Crippen molar-refractivity contribution in [2.24, 2.45) is 0 Å². The first-order valence-electron chi connectivity index (χ1n) is 8.34. The molecule has 1 aromatic carbocycles. The summed E-state index contributed by atoms with van der Waals surface area (Å²) in [4.78, 5) is 28.2. The van der Waals surface area contributed by atoms with Gasteiger partial charge in [0.25, 0.3) is 0 Å². The first-order chi connectivity index (χ1) is 12.4. The minimum Gasteiger partial charge on any atom is -0.550 e. The molecule has 3 aromatic rings. The van der Waals surface area contributed by atoms with Crippen LogP contribution in [0.5, 0.6) is 5.75 Å². The van der Waals surface area contributed by atoms with E-state index in [1.807, 2.05) is 19.2 Å². The lowest BCUT2D eigenvalue weighted by atomic mass is 10.0. The summed E-state index contributed by atoms with van der Waals surface area (Å²) < 4.78 is 5.89. The first-order valence-corrected chi connectivity index (χ1v) is 9.22. The third-order valence-corrected chi connectivity index (χ3v) is 5.14. The van der Waals surface area contributed by atoms with Crippen molar-refractivity contribution < 1.29 is 19.4 Å². The smallest absolute Gasteiger partial charge is 0.203 e. The lowest BCUT2D eigenvalue weighted by Crippen LogP contribution is -2.21. The third kappa shape index (κ3) is 3.48. The molecule has 0 saturated carbocycles. The number of phenolic OH excluding ortho intramolecular Hbond substituents is 1. The number of hydrogen-bond acceptors (Lipinski definition) is 7. The molecule has 0 aliphatic heterocycles. The van der Waals surface area contributed by atoms with Crippen LogP contribution in [0.3, 0.4) is 0 Å². The Balaban J connectivity index is 2.21. The number of thiazole rings is 1. The van der Waals surface area contributed by atoms with Gasteiger partial charge in [-0.2, -0.15) is 0 Å². The average Bonchev–Trinajstić information content (AvgIpc) is 3.00. The number of benzene rings is 1. The number of carbonyl (C=O) groups is 1. The molecule has 0 unspecified atom stereocenters. The van der Waals surface area contributed by atoms with Gasteiger partial charge < -0.3 is 19.4 Å². The van der Waals surface area contributed by atoms with E-state index in [0.717, 1.165) is 5.69 Å². The van der Waals surface area contributed by atoms with Crippen molar-refractivity contribution in [3.05, 3.63) is 44.8 Å². The van der Waals surface area contributed by atoms with Crippen LogP contribution in [-0.4, -0.2) is 16.1 Å². The van der Waals surface area contributed by atoms with E-state index < -0.39 is 5.97 Å². The second-order valence-electron chi connectivity index (χ2n) is 6.08. The van der Waals surface area contributed by atoms with Crippen molar-refractivity contribution in [2.45, 2.75) is 39.5 Å². The highest BCUT2D eigenvalue weighted by Crippen LogP contribution is 2.31. The molecular formula is C19H18NO5S-. The number of rotatable bonds is 6. The minimum atomic E-state index is -1.15. The predicted octanol–water partition coefficient (Wildman–Crippen LogP) is 2.57. The molecule has 1 N–H and O–H groups in total. The number of aromatic hydroxyl groups is 1. The van der Waals surface area contributed by atoms with E-state index in [1.54, 1.807) is 6.07 Å². The maximum Gasteiger partial charge on any atom is 0.203 e. The molecule has 26 heavy (non-hydrogen) atoms. The zero-order chi connectivity index (χ0) is 18.8. The zero-order valence-corrected chi connectivity index (χ0v) is 15.3. The van der Waals surface area contributed by atoms with E-state index in [9.17, 15) is 19.8 Å². The van der Waals surface area contributed by atoms with Gasteiger partial charge in [-0.25, -0.2) is 4.98 Å². The van der Waals surface area contributed by atoms with E-state index in [2.05, 4.69) is 4.98 Å². The molecule has 0 saturated heterocycles.